The highest BCUT2D eigenvalue weighted by Crippen LogP contribution is 2.77. The molecule has 0 aliphatic heterocycles. The predicted molar refractivity (Wildman–Crippen MR) is 89.2 cm³/mol. The summed E-state index contributed by atoms with van der Waals surface area (Å²) in [5, 5.41) is 11.2. The van der Waals surface area contributed by atoms with Crippen LogP contribution < -0.4 is 0 Å². The number of ether oxygens (including phenoxy) is 1. The second kappa shape index (κ2) is 5.77. The Morgan fingerprint density at radius 2 is 2.08 bits per heavy atom. The number of carbonyl (C=O) groups excluding carboxylic acids is 1. The predicted octanol–water partition coefficient (Wildman–Crippen LogP) is 3.53. The van der Waals surface area contributed by atoms with Gasteiger partial charge in [-0.1, -0.05) is 6.92 Å². The van der Waals surface area contributed by atoms with Crippen molar-refractivity contribution in [3.63, 3.8) is 0 Å². The summed E-state index contributed by atoms with van der Waals surface area (Å²) in [6, 6.07) is 0. The first-order valence-corrected chi connectivity index (χ1v) is 9.82. The number of alkyl halides is 1. The number of methoxy groups -OCH3 is 1. The van der Waals surface area contributed by atoms with E-state index in [2.05, 4.69) is 6.92 Å². The van der Waals surface area contributed by atoms with E-state index in [0.29, 0.717) is 31.1 Å². The Labute approximate surface area is 144 Å². The summed E-state index contributed by atoms with van der Waals surface area (Å²) in [6.45, 7) is 1.74. The van der Waals surface area contributed by atoms with Crippen molar-refractivity contribution in [2.45, 2.75) is 70.5 Å². The van der Waals surface area contributed by atoms with Gasteiger partial charge in [0.1, 0.15) is 5.78 Å². The number of halogens is 1. The van der Waals surface area contributed by atoms with Crippen LogP contribution in [-0.4, -0.2) is 36.9 Å². The number of rotatable bonds is 4. The zero-order valence-corrected chi connectivity index (χ0v) is 15.0. The number of Topliss-reactive ketones (excluding diaryl/α,β-unsaturated/α-hetero) is 1. The maximum Gasteiger partial charge on any atom is 0.139 e. The molecular formula is C20H31FO3. The molecule has 2 bridgehead atoms. The van der Waals surface area contributed by atoms with E-state index in [-0.39, 0.29) is 41.2 Å². The third-order valence-corrected chi connectivity index (χ3v) is 8.43. The second-order valence-corrected chi connectivity index (χ2v) is 8.98. The van der Waals surface area contributed by atoms with E-state index in [9.17, 15) is 14.3 Å². The van der Waals surface area contributed by atoms with E-state index in [4.69, 9.17) is 4.74 Å². The molecular weight excluding hydrogens is 307 g/mol. The topological polar surface area (TPSA) is 46.5 Å². The molecule has 1 spiro atoms. The standard InChI is InChI=1S/C20H31FO3/c1-12-17(23)13(4-3-9-21)10-16(22)20-11-14(20)5-7-19(12)8-6-15(24-2)18(19)20/h12-16,18,22H,3-11H2,1-2H3/t12-,13?,14-,15+,16+,18?,19?,20-/m0/s1. The van der Waals surface area contributed by atoms with Gasteiger partial charge in [-0.2, -0.15) is 0 Å². The van der Waals surface area contributed by atoms with Crippen molar-refractivity contribution in [2.75, 3.05) is 13.8 Å². The minimum absolute atomic E-state index is 0.000124. The van der Waals surface area contributed by atoms with Gasteiger partial charge in [0, 0.05) is 24.4 Å². The summed E-state index contributed by atoms with van der Waals surface area (Å²) in [7, 11) is 1.79. The molecule has 4 aliphatic rings. The van der Waals surface area contributed by atoms with Crippen LogP contribution in [0.3, 0.4) is 0 Å². The van der Waals surface area contributed by atoms with Crippen LogP contribution >= 0.6 is 0 Å². The van der Waals surface area contributed by atoms with Crippen LogP contribution in [0.5, 0.6) is 0 Å². The first-order chi connectivity index (χ1) is 11.5. The fraction of sp³-hybridized carbons (Fsp3) is 0.950. The van der Waals surface area contributed by atoms with E-state index in [0.717, 1.165) is 32.1 Å². The average Bonchev–Trinajstić information content (AvgIpc) is 3.22. The number of ketones is 1. The molecule has 0 saturated heterocycles. The number of hydrogen-bond acceptors (Lipinski definition) is 3. The molecule has 0 aromatic carbocycles. The second-order valence-electron chi connectivity index (χ2n) is 8.98. The summed E-state index contributed by atoms with van der Waals surface area (Å²) in [6.07, 6.45) is 6.70. The fourth-order valence-electron chi connectivity index (χ4n) is 7.22. The molecule has 4 fully saturated rings. The van der Waals surface area contributed by atoms with Crippen LogP contribution in [-0.2, 0) is 9.53 Å². The molecule has 24 heavy (non-hydrogen) atoms. The van der Waals surface area contributed by atoms with Crippen molar-refractivity contribution in [2.24, 2.45) is 34.5 Å². The number of aliphatic hydroxyl groups excluding tert-OH is 1. The Hall–Kier alpha value is -0.480. The normalized spacial score (nSPS) is 53.1. The first-order valence-electron chi connectivity index (χ1n) is 9.82. The molecule has 4 rings (SSSR count). The molecule has 1 N–H and O–H groups in total. The summed E-state index contributed by atoms with van der Waals surface area (Å²) in [4.78, 5) is 13.2. The van der Waals surface area contributed by atoms with Gasteiger partial charge in [-0.15, -0.1) is 0 Å². The van der Waals surface area contributed by atoms with Gasteiger partial charge < -0.3 is 9.84 Å². The lowest BCUT2D eigenvalue weighted by atomic mass is 9.52. The minimum atomic E-state index is -0.427. The van der Waals surface area contributed by atoms with Crippen molar-refractivity contribution in [3.8, 4) is 0 Å². The Bertz CT molecular complexity index is 523. The molecule has 3 nitrogen and oxygen atoms in total. The van der Waals surface area contributed by atoms with Crippen molar-refractivity contribution >= 4 is 5.78 Å². The van der Waals surface area contributed by atoms with Gasteiger partial charge in [0.2, 0.25) is 0 Å². The van der Waals surface area contributed by atoms with E-state index in [1.54, 1.807) is 7.11 Å². The molecule has 4 heteroatoms. The number of aliphatic hydroxyl groups is 1. The van der Waals surface area contributed by atoms with Crippen molar-refractivity contribution < 1.29 is 19.0 Å². The van der Waals surface area contributed by atoms with E-state index < -0.39 is 6.10 Å². The van der Waals surface area contributed by atoms with Crippen LogP contribution in [0.2, 0.25) is 0 Å². The van der Waals surface area contributed by atoms with Crippen molar-refractivity contribution in [1.82, 2.24) is 0 Å². The molecule has 4 saturated carbocycles. The van der Waals surface area contributed by atoms with Gasteiger partial charge in [0.25, 0.3) is 0 Å². The Kier molecular flexibility index (Phi) is 4.08. The smallest absolute Gasteiger partial charge is 0.139 e. The lowest BCUT2D eigenvalue weighted by molar-refractivity contribution is -0.152. The molecule has 0 aromatic rings. The summed E-state index contributed by atoms with van der Waals surface area (Å²) in [5.74, 6) is 1.05. The summed E-state index contributed by atoms with van der Waals surface area (Å²) in [5.41, 5.74) is -0.0293. The third-order valence-electron chi connectivity index (χ3n) is 8.43. The lowest BCUT2D eigenvalue weighted by Gasteiger charge is -2.53. The molecule has 0 aromatic heterocycles. The van der Waals surface area contributed by atoms with Crippen LogP contribution in [0.15, 0.2) is 0 Å². The van der Waals surface area contributed by atoms with Crippen LogP contribution in [0, 0.1) is 34.5 Å². The van der Waals surface area contributed by atoms with Crippen LogP contribution in [0.25, 0.3) is 0 Å². The number of carbonyl (C=O) groups is 1. The van der Waals surface area contributed by atoms with Gasteiger partial charge >= 0.3 is 0 Å². The highest BCUT2D eigenvalue weighted by molar-refractivity contribution is 5.84. The molecule has 0 heterocycles. The van der Waals surface area contributed by atoms with Crippen LogP contribution in [0.4, 0.5) is 4.39 Å². The van der Waals surface area contributed by atoms with Gasteiger partial charge in [0.05, 0.1) is 18.9 Å². The summed E-state index contributed by atoms with van der Waals surface area (Å²) >= 11 is 0. The maximum absolute atomic E-state index is 13.2. The monoisotopic (exact) mass is 338 g/mol. The molecule has 136 valence electrons. The zero-order chi connectivity index (χ0) is 17.1. The van der Waals surface area contributed by atoms with E-state index in [1.165, 1.54) is 0 Å². The Balaban J connectivity index is 1.74. The van der Waals surface area contributed by atoms with Crippen LogP contribution in [0.1, 0.15) is 58.3 Å². The van der Waals surface area contributed by atoms with Gasteiger partial charge in [0.15, 0.2) is 0 Å². The quantitative estimate of drug-likeness (QED) is 0.853. The maximum atomic E-state index is 13.2. The zero-order valence-electron chi connectivity index (χ0n) is 15.0. The van der Waals surface area contributed by atoms with Gasteiger partial charge in [-0.25, -0.2) is 0 Å². The molecule has 8 atom stereocenters. The summed E-state index contributed by atoms with van der Waals surface area (Å²) < 4.78 is 18.5. The molecule has 0 amide bonds. The largest absolute Gasteiger partial charge is 0.393 e. The Morgan fingerprint density at radius 3 is 2.79 bits per heavy atom. The molecule has 4 aliphatic carbocycles. The minimum Gasteiger partial charge on any atom is -0.393 e. The van der Waals surface area contributed by atoms with E-state index >= 15 is 0 Å². The van der Waals surface area contributed by atoms with Gasteiger partial charge in [-0.05, 0) is 68.6 Å². The molecule has 0 radical (unpaired) electrons. The Morgan fingerprint density at radius 1 is 1.33 bits per heavy atom. The van der Waals surface area contributed by atoms with Crippen molar-refractivity contribution in [3.05, 3.63) is 0 Å². The van der Waals surface area contributed by atoms with Crippen molar-refractivity contribution in [1.29, 1.82) is 0 Å². The van der Waals surface area contributed by atoms with Gasteiger partial charge in [-0.3, -0.25) is 9.18 Å². The molecule has 3 unspecified atom stereocenters. The highest BCUT2D eigenvalue weighted by atomic mass is 19.1. The highest BCUT2D eigenvalue weighted by Gasteiger charge is 2.75. The first kappa shape index (κ1) is 17.0. The number of hydrogen-bond donors (Lipinski definition) is 1. The SMILES string of the molecule is CO[C@@H]1CCC23CC[C@H]4C[C@@]4(C12)[C@H](O)CC(CCCF)C(=O)[C@@H]3C. The fourth-order valence-corrected chi connectivity index (χ4v) is 7.22. The average molecular weight is 338 g/mol. The third kappa shape index (κ3) is 2.05. The van der Waals surface area contributed by atoms with E-state index in [1.807, 2.05) is 0 Å². The lowest BCUT2D eigenvalue weighted by Crippen LogP contribution is -2.54.